The molecule has 0 saturated heterocycles. The van der Waals surface area contributed by atoms with Gasteiger partial charge in [-0.25, -0.2) is 4.79 Å². The second-order valence-corrected chi connectivity index (χ2v) is 6.46. The van der Waals surface area contributed by atoms with Crippen LogP contribution in [-0.4, -0.2) is 23.0 Å². The minimum atomic E-state index is -4.50. The van der Waals surface area contributed by atoms with E-state index in [1.54, 1.807) is 6.07 Å². The van der Waals surface area contributed by atoms with Crippen molar-refractivity contribution in [2.45, 2.75) is 38.9 Å². The third-order valence-electron chi connectivity index (χ3n) is 4.26. The molecule has 4 nitrogen and oxygen atoms in total. The van der Waals surface area contributed by atoms with Gasteiger partial charge >= 0.3 is 12.1 Å². The lowest BCUT2D eigenvalue weighted by atomic mass is 10.0. The SMILES string of the molecule is Cc1ccc(C[C@H](NC(=O)Cc2cccc(C(F)(F)F)c2)C(=O)O)cc1C. The Bertz CT molecular complexity index is 847. The van der Waals surface area contributed by atoms with E-state index in [4.69, 9.17) is 0 Å². The molecule has 0 unspecified atom stereocenters. The number of hydrogen-bond acceptors (Lipinski definition) is 2. The number of hydrogen-bond donors (Lipinski definition) is 2. The van der Waals surface area contributed by atoms with Crippen molar-refractivity contribution in [2.75, 3.05) is 0 Å². The van der Waals surface area contributed by atoms with E-state index in [1.807, 2.05) is 26.0 Å². The van der Waals surface area contributed by atoms with Crippen molar-refractivity contribution in [3.63, 3.8) is 0 Å². The van der Waals surface area contributed by atoms with Crippen LogP contribution in [-0.2, 0) is 28.6 Å². The first kappa shape index (κ1) is 20.5. The molecule has 1 atom stereocenters. The predicted octanol–water partition coefficient (Wildman–Crippen LogP) is 3.68. The molecule has 0 radical (unpaired) electrons. The zero-order valence-electron chi connectivity index (χ0n) is 14.9. The molecule has 27 heavy (non-hydrogen) atoms. The van der Waals surface area contributed by atoms with Crippen molar-refractivity contribution < 1.29 is 27.9 Å². The second kappa shape index (κ2) is 8.24. The monoisotopic (exact) mass is 379 g/mol. The zero-order valence-corrected chi connectivity index (χ0v) is 14.9. The van der Waals surface area contributed by atoms with Gasteiger partial charge in [0.15, 0.2) is 0 Å². The molecule has 7 heteroatoms. The highest BCUT2D eigenvalue weighted by Gasteiger charge is 2.30. The van der Waals surface area contributed by atoms with E-state index in [1.165, 1.54) is 12.1 Å². The van der Waals surface area contributed by atoms with Gasteiger partial charge in [-0.15, -0.1) is 0 Å². The van der Waals surface area contributed by atoms with Gasteiger partial charge in [0, 0.05) is 6.42 Å². The van der Waals surface area contributed by atoms with Crippen LogP contribution in [0.2, 0.25) is 0 Å². The first-order chi connectivity index (χ1) is 12.6. The molecule has 1 amide bonds. The third-order valence-corrected chi connectivity index (χ3v) is 4.26. The summed E-state index contributed by atoms with van der Waals surface area (Å²) in [4.78, 5) is 23.6. The van der Waals surface area contributed by atoms with Crippen molar-refractivity contribution in [1.82, 2.24) is 5.32 Å². The number of aliphatic carboxylic acids is 1. The summed E-state index contributed by atoms with van der Waals surface area (Å²) in [6.45, 7) is 3.84. The Hall–Kier alpha value is -2.83. The van der Waals surface area contributed by atoms with Gasteiger partial charge in [-0.2, -0.15) is 13.2 Å². The van der Waals surface area contributed by atoms with Crippen LogP contribution in [0.3, 0.4) is 0 Å². The first-order valence-electron chi connectivity index (χ1n) is 8.30. The van der Waals surface area contributed by atoms with Crippen LogP contribution >= 0.6 is 0 Å². The number of carboxylic acids is 1. The maximum absolute atomic E-state index is 12.7. The van der Waals surface area contributed by atoms with Crippen molar-refractivity contribution >= 4 is 11.9 Å². The topological polar surface area (TPSA) is 66.4 Å². The summed E-state index contributed by atoms with van der Waals surface area (Å²) in [7, 11) is 0. The summed E-state index contributed by atoms with van der Waals surface area (Å²) in [6.07, 6.45) is -4.75. The molecule has 0 bridgehead atoms. The summed E-state index contributed by atoms with van der Waals surface area (Å²) >= 11 is 0. The van der Waals surface area contributed by atoms with Gasteiger partial charge in [-0.05, 0) is 42.2 Å². The van der Waals surface area contributed by atoms with Crippen LogP contribution in [0, 0.1) is 13.8 Å². The maximum Gasteiger partial charge on any atom is 0.416 e. The fourth-order valence-electron chi connectivity index (χ4n) is 2.65. The lowest BCUT2D eigenvalue weighted by molar-refractivity contribution is -0.141. The Balaban J connectivity index is 2.07. The largest absolute Gasteiger partial charge is 0.480 e. The van der Waals surface area contributed by atoms with Crippen LogP contribution in [0.5, 0.6) is 0 Å². The standard InChI is InChI=1S/C20H20F3NO3/c1-12-6-7-15(8-13(12)2)10-17(19(26)27)24-18(25)11-14-4-3-5-16(9-14)20(21,22)23/h3-9,17H,10-11H2,1-2H3,(H,24,25)(H,26,27)/t17-/m0/s1. The number of halogens is 3. The highest BCUT2D eigenvalue weighted by molar-refractivity contribution is 5.85. The minimum Gasteiger partial charge on any atom is -0.480 e. The van der Waals surface area contributed by atoms with Crippen LogP contribution in [0.15, 0.2) is 42.5 Å². The van der Waals surface area contributed by atoms with Crippen molar-refractivity contribution in [3.05, 3.63) is 70.3 Å². The summed E-state index contributed by atoms with van der Waals surface area (Å²) in [5.74, 6) is -1.85. The molecule has 2 aromatic carbocycles. The molecule has 0 aromatic heterocycles. The molecule has 0 aliphatic rings. The summed E-state index contributed by atoms with van der Waals surface area (Å²) in [5.41, 5.74) is 2.14. The van der Waals surface area contributed by atoms with Gasteiger partial charge < -0.3 is 10.4 Å². The maximum atomic E-state index is 12.7. The third kappa shape index (κ3) is 5.84. The normalized spacial score (nSPS) is 12.5. The lowest BCUT2D eigenvalue weighted by Crippen LogP contribution is -2.43. The number of nitrogens with one attached hydrogen (secondary N) is 1. The number of rotatable bonds is 6. The van der Waals surface area contributed by atoms with Crippen molar-refractivity contribution in [2.24, 2.45) is 0 Å². The highest BCUT2D eigenvalue weighted by Crippen LogP contribution is 2.29. The van der Waals surface area contributed by atoms with Gasteiger partial charge in [0.1, 0.15) is 6.04 Å². The highest BCUT2D eigenvalue weighted by atomic mass is 19.4. The zero-order chi connectivity index (χ0) is 20.2. The predicted molar refractivity (Wildman–Crippen MR) is 94.3 cm³/mol. The molecular formula is C20H20F3NO3. The number of benzene rings is 2. The van der Waals surface area contributed by atoms with E-state index in [9.17, 15) is 27.9 Å². The number of carbonyl (C=O) groups excluding carboxylic acids is 1. The molecule has 0 heterocycles. The van der Waals surface area contributed by atoms with Crippen LogP contribution in [0.4, 0.5) is 13.2 Å². The molecule has 0 aliphatic heterocycles. The van der Waals surface area contributed by atoms with E-state index >= 15 is 0 Å². The Morgan fingerprint density at radius 3 is 2.33 bits per heavy atom. The molecule has 2 N–H and O–H groups in total. The minimum absolute atomic E-state index is 0.0881. The van der Waals surface area contributed by atoms with Crippen LogP contribution in [0.1, 0.15) is 27.8 Å². The number of alkyl halides is 3. The number of amides is 1. The lowest BCUT2D eigenvalue weighted by Gasteiger charge is -2.16. The van der Waals surface area contributed by atoms with E-state index in [-0.39, 0.29) is 18.4 Å². The molecular weight excluding hydrogens is 359 g/mol. The average molecular weight is 379 g/mol. The van der Waals surface area contributed by atoms with E-state index in [0.717, 1.165) is 28.8 Å². The van der Waals surface area contributed by atoms with Gasteiger partial charge in [0.25, 0.3) is 0 Å². The van der Waals surface area contributed by atoms with Crippen LogP contribution in [0.25, 0.3) is 0 Å². The molecule has 2 rings (SSSR count). The van der Waals surface area contributed by atoms with Crippen molar-refractivity contribution in [3.8, 4) is 0 Å². The van der Waals surface area contributed by atoms with Gasteiger partial charge in [-0.3, -0.25) is 4.79 Å². The fourth-order valence-corrected chi connectivity index (χ4v) is 2.65. The van der Waals surface area contributed by atoms with Gasteiger partial charge in [-0.1, -0.05) is 36.4 Å². The van der Waals surface area contributed by atoms with Crippen LogP contribution < -0.4 is 5.32 Å². The molecule has 0 aliphatic carbocycles. The Morgan fingerprint density at radius 1 is 1.04 bits per heavy atom. The molecule has 2 aromatic rings. The Labute approximate surface area is 155 Å². The molecule has 144 valence electrons. The Morgan fingerprint density at radius 2 is 1.74 bits per heavy atom. The fraction of sp³-hybridized carbons (Fsp3) is 0.300. The summed E-state index contributed by atoms with van der Waals surface area (Å²) in [6, 6.07) is 8.77. The van der Waals surface area contributed by atoms with E-state index < -0.39 is 29.7 Å². The molecule has 0 fully saturated rings. The smallest absolute Gasteiger partial charge is 0.416 e. The Kier molecular flexibility index (Phi) is 6.25. The van der Waals surface area contributed by atoms with Gasteiger partial charge in [0.05, 0.1) is 12.0 Å². The second-order valence-electron chi connectivity index (χ2n) is 6.46. The molecule has 0 saturated carbocycles. The van der Waals surface area contributed by atoms with E-state index in [2.05, 4.69) is 5.32 Å². The first-order valence-corrected chi connectivity index (χ1v) is 8.30. The number of carboxylic acid groups (broad SMARTS) is 1. The summed E-state index contributed by atoms with van der Waals surface area (Å²) < 4.78 is 38.2. The number of aryl methyl sites for hydroxylation is 2. The number of carbonyl (C=O) groups is 2. The average Bonchev–Trinajstić information content (AvgIpc) is 2.57. The molecule has 0 spiro atoms. The van der Waals surface area contributed by atoms with E-state index in [0.29, 0.717) is 0 Å². The van der Waals surface area contributed by atoms with Crippen molar-refractivity contribution in [1.29, 1.82) is 0 Å². The summed E-state index contributed by atoms with van der Waals surface area (Å²) in [5, 5.41) is 11.7. The quantitative estimate of drug-likeness (QED) is 0.805. The van der Waals surface area contributed by atoms with Gasteiger partial charge in [0.2, 0.25) is 5.91 Å².